The Morgan fingerprint density at radius 2 is 2.06 bits per heavy atom. The summed E-state index contributed by atoms with van der Waals surface area (Å²) in [6, 6.07) is -0.331. The van der Waals surface area contributed by atoms with Crippen molar-refractivity contribution in [3.63, 3.8) is 0 Å². The monoisotopic (exact) mass is 245 g/mol. The smallest absolute Gasteiger partial charge is 0.154 e. The fourth-order valence-electron chi connectivity index (χ4n) is 1.66. The lowest BCUT2D eigenvalue weighted by atomic mass is 10.0. The lowest BCUT2D eigenvalue weighted by molar-refractivity contribution is 0.421. The van der Waals surface area contributed by atoms with Gasteiger partial charge in [-0.1, -0.05) is 0 Å². The molecule has 0 aliphatic rings. The number of aromatic nitrogens is 2. The number of nitrogens with one attached hydrogen (secondary N) is 1. The summed E-state index contributed by atoms with van der Waals surface area (Å²) in [5.74, 6) is 0.720. The molecule has 0 spiro atoms. The molecule has 16 heavy (non-hydrogen) atoms. The van der Waals surface area contributed by atoms with Crippen molar-refractivity contribution in [2.24, 2.45) is 7.05 Å². The molecule has 5 nitrogen and oxygen atoms in total. The molecule has 0 aliphatic heterocycles. The van der Waals surface area contributed by atoms with E-state index in [4.69, 9.17) is 0 Å². The third-order valence-corrected chi connectivity index (χ3v) is 5.20. The van der Waals surface area contributed by atoms with Gasteiger partial charge in [0, 0.05) is 25.7 Å². The van der Waals surface area contributed by atoms with E-state index < -0.39 is 14.6 Å². The summed E-state index contributed by atoms with van der Waals surface area (Å²) in [5.41, 5.74) is 0. The second-order valence-corrected chi connectivity index (χ2v) is 7.09. The summed E-state index contributed by atoms with van der Waals surface area (Å²) in [6.45, 7) is 3.41. The molecule has 1 rings (SSSR count). The van der Waals surface area contributed by atoms with Gasteiger partial charge < -0.3 is 9.88 Å². The van der Waals surface area contributed by atoms with Crippen LogP contribution in [0.4, 0.5) is 0 Å². The summed E-state index contributed by atoms with van der Waals surface area (Å²) in [7, 11) is 0.422. The van der Waals surface area contributed by atoms with E-state index in [1.807, 2.05) is 11.6 Å². The SMILES string of the molecule is CNC(c1nccn1C)C(C)(C)S(C)(=O)=O. The first-order chi connectivity index (χ1) is 7.21. The van der Waals surface area contributed by atoms with Crippen LogP contribution in [0.2, 0.25) is 0 Å². The van der Waals surface area contributed by atoms with Gasteiger partial charge in [-0.3, -0.25) is 0 Å². The highest BCUT2D eigenvalue weighted by Gasteiger charge is 2.40. The van der Waals surface area contributed by atoms with Crippen LogP contribution in [-0.2, 0) is 16.9 Å². The summed E-state index contributed by atoms with van der Waals surface area (Å²) in [6.07, 6.45) is 4.72. The molecular weight excluding hydrogens is 226 g/mol. The van der Waals surface area contributed by atoms with E-state index in [2.05, 4.69) is 10.3 Å². The molecule has 0 bridgehead atoms. The van der Waals surface area contributed by atoms with Crippen molar-refractivity contribution in [1.29, 1.82) is 0 Å². The third-order valence-electron chi connectivity index (χ3n) is 3.06. The van der Waals surface area contributed by atoms with E-state index in [0.29, 0.717) is 0 Å². The Kier molecular flexibility index (Phi) is 3.44. The van der Waals surface area contributed by atoms with E-state index in [9.17, 15) is 8.42 Å². The van der Waals surface area contributed by atoms with E-state index in [1.54, 1.807) is 33.3 Å². The quantitative estimate of drug-likeness (QED) is 0.839. The van der Waals surface area contributed by atoms with Crippen LogP contribution in [0.1, 0.15) is 25.7 Å². The molecule has 6 heteroatoms. The zero-order valence-corrected chi connectivity index (χ0v) is 11.2. The van der Waals surface area contributed by atoms with Crippen LogP contribution in [0.15, 0.2) is 12.4 Å². The Morgan fingerprint density at radius 3 is 2.38 bits per heavy atom. The molecule has 0 aromatic carbocycles. The number of hydrogen-bond acceptors (Lipinski definition) is 4. The summed E-state index contributed by atoms with van der Waals surface area (Å²) in [4.78, 5) is 4.20. The fourth-order valence-corrected chi connectivity index (χ4v) is 2.31. The minimum atomic E-state index is -3.17. The fraction of sp³-hybridized carbons (Fsp3) is 0.700. The van der Waals surface area contributed by atoms with Gasteiger partial charge in [-0.2, -0.15) is 0 Å². The van der Waals surface area contributed by atoms with Crippen molar-refractivity contribution in [1.82, 2.24) is 14.9 Å². The topological polar surface area (TPSA) is 64.0 Å². The molecule has 0 fully saturated rings. The first-order valence-corrected chi connectivity index (χ1v) is 6.95. The average Bonchev–Trinajstić information content (AvgIpc) is 2.51. The van der Waals surface area contributed by atoms with Crippen molar-refractivity contribution in [3.05, 3.63) is 18.2 Å². The Bertz CT molecular complexity index is 462. The summed E-state index contributed by atoms with van der Waals surface area (Å²) in [5, 5.41) is 3.03. The van der Waals surface area contributed by atoms with Crippen LogP contribution in [0.25, 0.3) is 0 Å². The van der Waals surface area contributed by atoms with Crippen LogP contribution in [-0.4, -0.2) is 36.0 Å². The van der Waals surface area contributed by atoms with Crippen molar-refractivity contribution in [2.75, 3.05) is 13.3 Å². The normalized spacial score (nSPS) is 15.1. The number of rotatable bonds is 4. The minimum Gasteiger partial charge on any atom is -0.337 e. The maximum Gasteiger partial charge on any atom is 0.154 e. The van der Waals surface area contributed by atoms with Gasteiger partial charge in [-0.05, 0) is 20.9 Å². The molecule has 1 aromatic heterocycles. The number of nitrogens with zero attached hydrogens (tertiary/aromatic N) is 2. The number of hydrogen-bond donors (Lipinski definition) is 1. The minimum absolute atomic E-state index is 0.331. The van der Waals surface area contributed by atoms with E-state index in [1.165, 1.54) is 6.26 Å². The molecule has 1 heterocycles. The van der Waals surface area contributed by atoms with Crippen LogP contribution in [0, 0.1) is 0 Å². The van der Waals surface area contributed by atoms with E-state index >= 15 is 0 Å². The van der Waals surface area contributed by atoms with Crippen LogP contribution in [0.3, 0.4) is 0 Å². The van der Waals surface area contributed by atoms with Gasteiger partial charge in [0.1, 0.15) is 5.82 Å². The highest BCUT2D eigenvalue weighted by atomic mass is 32.2. The molecule has 1 atom stereocenters. The first kappa shape index (κ1) is 13.2. The van der Waals surface area contributed by atoms with Crippen molar-refractivity contribution in [2.45, 2.75) is 24.6 Å². The van der Waals surface area contributed by atoms with Crippen LogP contribution < -0.4 is 5.32 Å². The molecule has 1 aromatic rings. The van der Waals surface area contributed by atoms with Crippen LogP contribution >= 0.6 is 0 Å². The maximum atomic E-state index is 11.8. The Hall–Kier alpha value is -0.880. The predicted molar refractivity (Wildman–Crippen MR) is 63.9 cm³/mol. The van der Waals surface area contributed by atoms with Gasteiger partial charge in [0.2, 0.25) is 0 Å². The molecule has 1 N–H and O–H groups in total. The maximum absolute atomic E-state index is 11.8. The van der Waals surface area contributed by atoms with Gasteiger partial charge in [0.15, 0.2) is 9.84 Å². The van der Waals surface area contributed by atoms with Gasteiger partial charge >= 0.3 is 0 Å². The lowest BCUT2D eigenvalue weighted by Gasteiger charge is -2.31. The summed E-state index contributed by atoms with van der Waals surface area (Å²) < 4.78 is 24.5. The van der Waals surface area contributed by atoms with E-state index in [-0.39, 0.29) is 6.04 Å². The van der Waals surface area contributed by atoms with Gasteiger partial charge in [-0.25, -0.2) is 13.4 Å². The summed E-state index contributed by atoms with van der Waals surface area (Å²) >= 11 is 0. The standard InChI is InChI=1S/C10H19N3O2S/c1-10(2,16(5,14)15)8(11-3)9-12-6-7-13(9)4/h6-8,11H,1-5H3. The average molecular weight is 245 g/mol. The Labute approximate surface area is 96.8 Å². The Morgan fingerprint density at radius 1 is 1.50 bits per heavy atom. The molecule has 0 amide bonds. The molecule has 0 saturated heterocycles. The second-order valence-electron chi connectivity index (χ2n) is 4.49. The number of aryl methyl sites for hydroxylation is 1. The lowest BCUT2D eigenvalue weighted by Crippen LogP contribution is -2.44. The molecule has 0 saturated carbocycles. The van der Waals surface area contributed by atoms with Crippen molar-refractivity contribution >= 4 is 9.84 Å². The largest absolute Gasteiger partial charge is 0.337 e. The number of imidazole rings is 1. The van der Waals surface area contributed by atoms with Crippen LogP contribution in [0.5, 0.6) is 0 Å². The van der Waals surface area contributed by atoms with Gasteiger partial charge in [0.25, 0.3) is 0 Å². The zero-order valence-electron chi connectivity index (χ0n) is 10.4. The highest BCUT2D eigenvalue weighted by Crippen LogP contribution is 2.30. The molecule has 92 valence electrons. The second kappa shape index (κ2) is 4.18. The Balaban J connectivity index is 3.24. The van der Waals surface area contributed by atoms with Crippen molar-refractivity contribution in [3.8, 4) is 0 Å². The zero-order chi connectivity index (χ0) is 12.6. The first-order valence-electron chi connectivity index (χ1n) is 5.06. The van der Waals surface area contributed by atoms with E-state index in [0.717, 1.165) is 5.82 Å². The predicted octanol–water partition coefficient (Wildman–Crippen LogP) is 0.504. The van der Waals surface area contributed by atoms with Gasteiger partial charge in [-0.15, -0.1) is 0 Å². The molecular formula is C10H19N3O2S. The number of sulfone groups is 1. The van der Waals surface area contributed by atoms with Crippen molar-refractivity contribution < 1.29 is 8.42 Å². The molecule has 1 unspecified atom stereocenters. The molecule has 0 aliphatic carbocycles. The highest BCUT2D eigenvalue weighted by molar-refractivity contribution is 7.92. The van der Waals surface area contributed by atoms with Gasteiger partial charge in [0.05, 0.1) is 10.8 Å². The molecule has 0 radical (unpaired) electrons. The third kappa shape index (κ3) is 2.12.